The number of phenolic OH excluding ortho intramolecular Hbond substituents is 3. The molecule has 2 aromatic carbocycles. The van der Waals surface area contributed by atoms with E-state index >= 15 is 0 Å². The van der Waals surface area contributed by atoms with Crippen molar-refractivity contribution in [1.29, 1.82) is 0 Å². The molecule has 0 heterocycles. The minimum absolute atomic E-state index is 0.00413. The summed E-state index contributed by atoms with van der Waals surface area (Å²) in [5, 5.41) is 35.4. The zero-order valence-electron chi connectivity index (χ0n) is 10.4. The third kappa shape index (κ3) is 3.46. The van der Waals surface area contributed by atoms with Gasteiger partial charge < -0.3 is 15.3 Å². The van der Waals surface area contributed by atoms with Gasteiger partial charge >= 0.3 is 0 Å². The molecule has 4 N–H and O–H groups in total. The predicted molar refractivity (Wildman–Crippen MR) is 71.9 cm³/mol. The Morgan fingerprint density at radius 1 is 0.810 bits per heavy atom. The Morgan fingerprint density at radius 3 is 2.10 bits per heavy atom. The Morgan fingerprint density at radius 2 is 1.48 bits per heavy atom. The molecular formula is C12H10N2O6S. The minimum atomic E-state index is -4.43. The highest BCUT2D eigenvalue weighted by Gasteiger charge is 2.12. The average molecular weight is 310 g/mol. The molecule has 0 fully saturated rings. The standard InChI is InChI=1S/C12H10N2O6S/c15-7-1-3-9(12(17)5-7)13-14-10-6-8(21(18,19)20)2-4-11(10)16/h1-6,15-17H,(H,18,19,20)/b14-13+. The second kappa shape index (κ2) is 5.38. The van der Waals surface area contributed by atoms with Crippen LogP contribution in [-0.4, -0.2) is 28.3 Å². The van der Waals surface area contributed by atoms with Gasteiger partial charge in [0.05, 0.1) is 4.90 Å². The maximum atomic E-state index is 11.0. The average Bonchev–Trinajstić information content (AvgIpc) is 2.38. The maximum Gasteiger partial charge on any atom is 0.294 e. The molecule has 9 heteroatoms. The van der Waals surface area contributed by atoms with E-state index in [1.54, 1.807) is 0 Å². The smallest absolute Gasteiger partial charge is 0.294 e. The van der Waals surface area contributed by atoms with Crippen LogP contribution in [0.15, 0.2) is 51.5 Å². The van der Waals surface area contributed by atoms with Crippen LogP contribution < -0.4 is 0 Å². The van der Waals surface area contributed by atoms with E-state index in [2.05, 4.69) is 10.2 Å². The molecule has 2 aromatic rings. The van der Waals surface area contributed by atoms with Gasteiger partial charge in [-0.25, -0.2) is 0 Å². The van der Waals surface area contributed by atoms with Gasteiger partial charge in [-0.3, -0.25) is 4.55 Å². The van der Waals surface area contributed by atoms with E-state index in [0.29, 0.717) is 0 Å². The van der Waals surface area contributed by atoms with Crippen LogP contribution in [0.5, 0.6) is 17.2 Å². The summed E-state index contributed by atoms with van der Waals surface area (Å²) in [5.41, 5.74) is -0.206. The SMILES string of the molecule is O=S(=O)(O)c1ccc(O)c(/N=N/c2ccc(O)cc2O)c1. The topological polar surface area (TPSA) is 140 Å². The molecule has 0 atom stereocenters. The molecule has 0 aromatic heterocycles. The molecule has 0 aliphatic carbocycles. The van der Waals surface area contributed by atoms with Crippen molar-refractivity contribution < 1.29 is 28.3 Å². The fraction of sp³-hybridized carbons (Fsp3) is 0. The number of hydrogen-bond donors (Lipinski definition) is 4. The van der Waals surface area contributed by atoms with Crippen LogP contribution in [0.25, 0.3) is 0 Å². The zero-order chi connectivity index (χ0) is 15.6. The molecule has 0 saturated carbocycles. The van der Waals surface area contributed by atoms with E-state index in [4.69, 9.17) is 9.66 Å². The lowest BCUT2D eigenvalue weighted by Gasteiger charge is -2.02. The molecule has 0 aliphatic heterocycles. The fourth-order valence-corrected chi connectivity index (χ4v) is 1.95. The Labute approximate surface area is 119 Å². The third-order valence-electron chi connectivity index (χ3n) is 2.47. The molecule has 0 spiro atoms. The van der Waals surface area contributed by atoms with Crippen LogP contribution in [0.2, 0.25) is 0 Å². The van der Waals surface area contributed by atoms with Gasteiger partial charge in [0, 0.05) is 6.07 Å². The number of phenols is 3. The first kappa shape index (κ1) is 14.8. The zero-order valence-corrected chi connectivity index (χ0v) is 11.2. The van der Waals surface area contributed by atoms with E-state index < -0.39 is 15.0 Å². The summed E-state index contributed by atoms with van der Waals surface area (Å²) < 4.78 is 30.9. The summed E-state index contributed by atoms with van der Waals surface area (Å²) in [6.45, 7) is 0. The molecule has 8 nitrogen and oxygen atoms in total. The van der Waals surface area contributed by atoms with Gasteiger partial charge in [0.25, 0.3) is 10.1 Å². The third-order valence-corrected chi connectivity index (χ3v) is 3.32. The van der Waals surface area contributed by atoms with Gasteiger partial charge in [0.1, 0.15) is 28.6 Å². The van der Waals surface area contributed by atoms with E-state index in [1.165, 1.54) is 12.1 Å². The molecule has 0 bridgehead atoms. The van der Waals surface area contributed by atoms with Gasteiger partial charge in [-0.05, 0) is 30.3 Å². The second-order valence-corrected chi connectivity index (χ2v) is 5.42. The minimum Gasteiger partial charge on any atom is -0.508 e. The summed E-state index contributed by atoms with van der Waals surface area (Å²) in [5.74, 6) is -0.865. The Hall–Kier alpha value is -2.65. The van der Waals surface area contributed by atoms with Crippen molar-refractivity contribution in [1.82, 2.24) is 0 Å². The fourth-order valence-electron chi connectivity index (χ4n) is 1.45. The highest BCUT2D eigenvalue weighted by Crippen LogP contribution is 2.34. The van der Waals surface area contributed by atoms with Gasteiger partial charge in [-0.15, -0.1) is 10.2 Å². The lowest BCUT2D eigenvalue weighted by Crippen LogP contribution is -1.96. The van der Waals surface area contributed by atoms with Crippen molar-refractivity contribution in [3.63, 3.8) is 0 Å². The van der Waals surface area contributed by atoms with Crippen LogP contribution >= 0.6 is 0 Å². The number of aromatic hydroxyl groups is 3. The molecule has 110 valence electrons. The van der Waals surface area contributed by atoms with Crippen molar-refractivity contribution in [3.05, 3.63) is 36.4 Å². The van der Waals surface area contributed by atoms with Crippen LogP contribution in [-0.2, 0) is 10.1 Å². The molecule has 0 amide bonds. The molecule has 0 saturated heterocycles. The van der Waals surface area contributed by atoms with E-state index in [0.717, 1.165) is 24.3 Å². The highest BCUT2D eigenvalue weighted by atomic mass is 32.2. The molecule has 0 unspecified atom stereocenters. The van der Waals surface area contributed by atoms with Gasteiger partial charge in [-0.1, -0.05) is 0 Å². The number of rotatable bonds is 3. The number of benzene rings is 2. The van der Waals surface area contributed by atoms with Crippen LogP contribution in [0.3, 0.4) is 0 Å². The number of hydrogen-bond acceptors (Lipinski definition) is 7. The number of azo groups is 1. The highest BCUT2D eigenvalue weighted by molar-refractivity contribution is 7.85. The monoisotopic (exact) mass is 310 g/mol. The van der Waals surface area contributed by atoms with Crippen LogP contribution in [0, 0.1) is 0 Å². The Bertz CT molecular complexity index is 816. The van der Waals surface area contributed by atoms with Gasteiger partial charge in [-0.2, -0.15) is 8.42 Å². The molecular weight excluding hydrogens is 300 g/mol. The normalized spacial score (nSPS) is 11.9. The largest absolute Gasteiger partial charge is 0.508 e. The Kier molecular flexibility index (Phi) is 3.78. The first-order chi connectivity index (χ1) is 9.77. The summed E-state index contributed by atoms with van der Waals surface area (Å²) >= 11 is 0. The van der Waals surface area contributed by atoms with E-state index in [1.807, 2.05) is 0 Å². The summed E-state index contributed by atoms with van der Waals surface area (Å²) in [7, 11) is -4.43. The van der Waals surface area contributed by atoms with Gasteiger partial charge in [0.15, 0.2) is 0 Å². The van der Waals surface area contributed by atoms with Crippen LogP contribution in [0.1, 0.15) is 0 Å². The van der Waals surface area contributed by atoms with Crippen molar-refractivity contribution in [2.75, 3.05) is 0 Å². The molecule has 21 heavy (non-hydrogen) atoms. The lowest BCUT2D eigenvalue weighted by molar-refractivity contribution is 0.451. The Balaban J connectivity index is 2.41. The van der Waals surface area contributed by atoms with E-state index in [9.17, 15) is 18.6 Å². The molecule has 0 radical (unpaired) electrons. The number of nitrogens with zero attached hydrogens (tertiary/aromatic N) is 2. The van der Waals surface area contributed by atoms with Crippen LogP contribution in [0.4, 0.5) is 11.4 Å². The maximum absolute atomic E-state index is 11.0. The van der Waals surface area contributed by atoms with Crippen molar-refractivity contribution in [2.45, 2.75) is 4.90 Å². The molecule has 0 aliphatic rings. The van der Waals surface area contributed by atoms with Crippen molar-refractivity contribution in [3.8, 4) is 17.2 Å². The van der Waals surface area contributed by atoms with Crippen molar-refractivity contribution >= 4 is 21.5 Å². The quantitative estimate of drug-likeness (QED) is 0.507. The summed E-state index contributed by atoms with van der Waals surface area (Å²) in [6, 6.07) is 6.55. The summed E-state index contributed by atoms with van der Waals surface area (Å²) in [6.07, 6.45) is 0. The van der Waals surface area contributed by atoms with Gasteiger partial charge in [0.2, 0.25) is 0 Å². The lowest BCUT2D eigenvalue weighted by atomic mass is 10.3. The summed E-state index contributed by atoms with van der Waals surface area (Å²) in [4.78, 5) is -0.454. The van der Waals surface area contributed by atoms with Crippen molar-refractivity contribution in [2.24, 2.45) is 10.2 Å². The first-order valence-electron chi connectivity index (χ1n) is 5.51. The second-order valence-electron chi connectivity index (χ2n) is 4.00. The van der Waals surface area contributed by atoms with E-state index in [-0.39, 0.29) is 28.6 Å². The first-order valence-corrected chi connectivity index (χ1v) is 6.95. The molecule has 2 rings (SSSR count). The predicted octanol–water partition coefficient (Wildman–Crippen LogP) is 2.47.